The molecule has 106 valence electrons. The van der Waals surface area contributed by atoms with E-state index in [1.165, 1.54) is 17.5 Å². The van der Waals surface area contributed by atoms with Crippen molar-refractivity contribution >= 4 is 0 Å². The zero-order valence-electron chi connectivity index (χ0n) is 12.1. The SMILES string of the molecule is CCCCOc1cccc(CNCc2ccccc2)c1. The lowest BCUT2D eigenvalue weighted by Gasteiger charge is -2.08. The maximum absolute atomic E-state index is 5.72. The molecule has 0 saturated heterocycles. The number of hydrogen-bond donors (Lipinski definition) is 1. The molecule has 20 heavy (non-hydrogen) atoms. The van der Waals surface area contributed by atoms with Gasteiger partial charge in [0, 0.05) is 13.1 Å². The molecule has 0 spiro atoms. The summed E-state index contributed by atoms with van der Waals surface area (Å²) >= 11 is 0. The summed E-state index contributed by atoms with van der Waals surface area (Å²) in [6.45, 7) is 4.73. The first kappa shape index (κ1) is 14.6. The van der Waals surface area contributed by atoms with Crippen molar-refractivity contribution in [1.29, 1.82) is 0 Å². The summed E-state index contributed by atoms with van der Waals surface area (Å²) in [4.78, 5) is 0. The topological polar surface area (TPSA) is 21.3 Å². The molecule has 2 aromatic rings. The Morgan fingerprint density at radius 3 is 2.45 bits per heavy atom. The molecule has 0 fully saturated rings. The molecule has 0 unspecified atom stereocenters. The number of unbranched alkanes of at least 4 members (excludes halogenated alkanes) is 1. The molecule has 0 aliphatic carbocycles. The zero-order chi connectivity index (χ0) is 14.0. The molecule has 0 radical (unpaired) electrons. The van der Waals surface area contributed by atoms with Crippen LogP contribution in [0.5, 0.6) is 5.75 Å². The van der Waals surface area contributed by atoms with E-state index < -0.39 is 0 Å². The molecule has 1 N–H and O–H groups in total. The summed E-state index contributed by atoms with van der Waals surface area (Å²) < 4.78 is 5.72. The van der Waals surface area contributed by atoms with E-state index in [1.807, 2.05) is 12.1 Å². The minimum atomic E-state index is 0.803. The number of ether oxygens (including phenoxy) is 1. The van der Waals surface area contributed by atoms with Gasteiger partial charge in [-0.2, -0.15) is 0 Å². The van der Waals surface area contributed by atoms with Crippen LogP contribution in [0.25, 0.3) is 0 Å². The molecule has 2 aromatic carbocycles. The smallest absolute Gasteiger partial charge is 0.119 e. The van der Waals surface area contributed by atoms with Gasteiger partial charge in [-0.15, -0.1) is 0 Å². The van der Waals surface area contributed by atoms with Crippen LogP contribution in [-0.2, 0) is 13.1 Å². The van der Waals surface area contributed by atoms with Gasteiger partial charge in [0.2, 0.25) is 0 Å². The minimum absolute atomic E-state index is 0.803. The van der Waals surface area contributed by atoms with Crippen molar-refractivity contribution in [2.75, 3.05) is 6.61 Å². The molecule has 0 aliphatic heterocycles. The van der Waals surface area contributed by atoms with E-state index in [0.29, 0.717) is 0 Å². The first-order chi connectivity index (χ1) is 9.88. The van der Waals surface area contributed by atoms with Gasteiger partial charge >= 0.3 is 0 Å². The molecule has 0 atom stereocenters. The van der Waals surface area contributed by atoms with Crippen LogP contribution in [0, 0.1) is 0 Å². The summed E-state index contributed by atoms with van der Waals surface area (Å²) in [6, 6.07) is 18.8. The van der Waals surface area contributed by atoms with Crippen LogP contribution in [0.2, 0.25) is 0 Å². The lowest BCUT2D eigenvalue weighted by molar-refractivity contribution is 0.309. The van der Waals surface area contributed by atoms with E-state index in [-0.39, 0.29) is 0 Å². The zero-order valence-corrected chi connectivity index (χ0v) is 12.1. The quantitative estimate of drug-likeness (QED) is 0.727. The highest BCUT2D eigenvalue weighted by atomic mass is 16.5. The van der Waals surface area contributed by atoms with Gasteiger partial charge in [-0.25, -0.2) is 0 Å². The number of rotatable bonds is 8. The number of hydrogen-bond acceptors (Lipinski definition) is 2. The van der Waals surface area contributed by atoms with Crippen LogP contribution in [0.4, 0.5) is 0 Å². The molecular formula is C18H23NO. The highest BCUT2D eigenvalue weighted by molar-refractivity contribution is 5.28. The molecule has 2 rings (SSSR count). The Bertz CT molecular complexity index is 496. The van der Waals surface area contributed by atoms with Crippen LogP contribution in [0.15, 0.2) is 54.6 Å². The third-order valence-corrected chi connectivity index (χ3v) is 3.17. The molecular weight excluding hydrogens is 246 g/mol. The maximum atomic E-state index is 5.72. The standard InChI is InChI=1S/C18H23NO/c1-2-3-12-20-18-11-7-10-17(13-18)15-19-14-16-8-5-4-6-9-16/h4-11,13,19H,2-3,12,14-15H2,1H3. The van der Waals surface area contributed by atoms with Crippen molar-refractivity contribution in [2.24, 2.45) is 0 Å². The van der Waals surface area contributed by atoms with E-state index in [4.69, 9.17) is 4.74 Å². The molecule has 2 nitrogen and oxygen atoms in total. The second kappa shape index (κ2) is 8.39. The van der Waals surface area contributed by atoms with Gasteiger partial charge in [-0.05, 0) is 29.7 Å². The average Bonchev–Trinajstić information content (AvgIpc) is 2.49. The van der Waals surface area contributed by atoms with Crippen LogP contribution in [-0.4, -0.2) is 6.61 Å². The van der Waals surface area contributed by atoms with Gasteiger partial charge in [0.25, 0.3) is 0 Å². The predicted octanol–water partition coefficient (Wildman–Crippen LogP) is 4.16. The van der Waals surface area contributed by atoms with Crippen LogP contribution >= 0.6 is 0 Å². The van der Waals surface area contributed by atoms with E-state index in [1.54, 1.807) is 0 Å². The van der Waals surface area contributed by atoms with Gasteiger partial charge in [0.05, 0.1) is 6.61 Å². The third-order valence-electron chi connectivity index (χ3n) is 3.17. The highest BCUT2D eigenvalue weighted by Gasteiger charge is 1.97. The van der Waals surface area contributed by atoms with Gasteiger partial charge in [0.1, 0.15) is 5.75 Å². The van der Waals surface area contributed by atoms with E-state index >= 15 is 0 Å². The lowest BCUT2D eigenvalue weighted by atomic mass is 10.2. The largest absolute Gasteiger partial charge is 0.494 e. The summed E-state index contributed by atoms with van der Waals surface area (Å²) in [5.74, 6) is 0.970. The fourth-order valence-corrected chi connectivity index (χ4v) is 2.03. The highest BCUT2D eigenvalue weighted by Crippen LogP contribution is 2.14. The molecule has 2 heteroatoms. The maximum Gasteiger partial charge on any atom is 0.119 e. The molecule has 0 bridgehead atoms. The third kappa shape index (κ3) is 5.06. The Morgan fingerprint density at radius 2 is 1.65 bits per heavy atom. The molecule has 0 saturated carbocycles. The first-order valence-electron chi connectivity index (χ1n) is 7.35. The summed E-state index contributed by atoms with van der Waals surface area (Å²) in [6.07, 6.45) is 2.27. The first-order valence-corrected chi connectivity index (χ1v) is 7.35. The van der Waals surface area contributed by atoms with Crippen LogP contribution in [0.3, 0.4) is 0 Å². The van der Waals surface area contributed by atoms with E-state index in [2.05, 4.69) is 54.7 Å². The molecule has 0 aromatic heterocycles. The molecule has 0 aliphatic rings. The number of nitrogens with one attached hydrogen (secondary N) is 1. The van der Waals surface area contributed by atoms with Gasteiger partial charge in [0.15, 0.2) is 0 Å². The Hall–Kier alpha value is -1.80. The second-order valence-corrected chi connectivity index (χ2v) is 4.94. The normalized spacial score (nSPS) is 10.4. The summed E-state index contributed by atoms with van der Waals surface area (Å²) in [5, 5.41) is 3.46. The fraction of sp³-hybridized carbons (Fsp3) is 0.333. The summed E-state index contributed by atoms with van der Waals surface area (Å²) in [7, 11) is 0. The van der Waals surface area contributed by atoms with Crippen LogP contribution in [0.1, 0.15) is 30.9 Å². The van der Waals surface area contributed by atoms with Crippen molar-refractivity contribution in [3.05, 3.63) is 65.7 Å². The Labute approximate surface area is 121 Å². The van der Waals surface area contributed by atoms with Gasteiger partial charge in [-0.1, -0.05) is 55.8 Å². The van der Waals surface area contributed by atoms with E-state index in [0.717, 1.165) is 31.9 Å². The Balaban J connectivity index is 1.79. The predicted molar refractivity (Wildman–Crippen MR) is 83.8 cm³/mol. The average molecular weight is 269 g/mol. The van der Waals surface area contributed by atoms with Gasteiger partial charge in [-0.3, -0.25) is 0 Å². The number of benzene rings is 2. The lowest BCUT2D eigenvalue weighted by Crippen LogP contribution is -2.12. The van der Waals surface area contributed by atoms with Crippen molar-refractivity contribution in [3.8, 4) is 5.75 Å². The molecule has 0 heterocycles. The van der Waals surface area contributed by atoms with Gasteiger partial charge < -0.3 is 10.1 Å². The monoisotopic (exact) mass is 269 g/mol. The van der Waals surface area contributed by atoms with Crippen molar-refractivity contribution < 1.29 is 4.74 Å². The van der Waals surface area contributed by atoms with Crippen molar-refractivity contribution in [2.45, 2.75) is 32.9 Å². The fourth-order valence-electron chi connectivity index (χ4n) is 2.03. The Morgan fingerprint density at radius 1 is 0.900 bits per heavy atom. The second-order valence-electron chi connectivity index (χ2n) is 4.94. The Kier molecular flexibility index (Phi) is 6.12. The van der Waals surface area contributed by atoms with Crippen molar-refractivity contribution in [3.63, 3.8) is 0 Å². The van der Waals surface area contributed by atoms with Crippen molar-refractivity contribution in [1.82, 2.24) is 5.32 Å². The van der Waals surface area contributed by atoms with E-state index in [9.17, 15) is 0 Å². The summed E-state index contributed by atoms with van der Waals surface area (Å²) in [5.41, 5.74) is 2.57. The molecule has 0 amide bonds. The van der Waals surface area contributed by atoms with Crippen LogP contribution < -0.4 is 10.1 Å². The minimum Gasteiger partial charge on any atom is -0.494 e.